The van der Waals surface area contributed by atoms with Crippen LogP contribution in [0.5, 0.6) is 5.75 Å². The lowest BCUT2D eigenvalue weighted by atomic mass is 10.0. The van der Waals surface area contributed by atoms with E-state index in [0.29, 0.717) is 24.0 Å². The first-order valence-electron chi connectivity index (χ1n) is 6.24. The van der Waals surface area contributed by atoms with E-state index in [9.17, 15) is 5.11 Å². The van der Waals surface area contributed by atoms with E-state index in [1.165, 1.54) is 5.56 Å². The normalized spacial score (nSPS) is 27.9. The highest BCUT2D eigenvalue weighted by atomic mass is 16.5. The number of nitrogens with zero attached hydrogens (tertiary/aromatic N) is 1. The van der Waals surface area contributed by atoms with E-state index in [1.807, 2.05) is 12.1 Å². The Labute approximate surface area is 103 Å². The van der Waals surface area contributed by atoms with Gasteiger partial charge in [0.2, 0.25) is 0 Å². The summed E-state index contributed by atoms with van der Waals surface area (Å²) in [6.07, 6.45) is 0.580. The minimum atomic E-state index is 0.290. The monoisotopic (exact) mass is 235 g/mol. The summed E-state index contributed by atoms with van der Waals surface area (Å²) in [7, 11) is 0. The van der Waals surface area contributed by atoms with Crippen LogP contribution in [-0.2, 0) is 4.74 Å². The number of rotatable bonds is 2. The van der Waals surface area contributed by atoms with Gasteiger partial charge in [-0.1, -0.05) is 12.1 Å². The molecule has 1 N–H and O–H groups in total. The van der Waals surface area contributed by atoms with Crippen molar-refractivity contribution in [3.63, 3.8) is 0 Å². The summed E-state index contributed by atoms with van der Waals surface area (Å²) in [6, 6.07) is 7.85. The van der Waals surface area contributed by atoms with Crippen LogP contribution < -0.4 is 0 Å². The van der Waals surface area contributed by atoms with Crippen molar-refractivity contribution in [2.75, 3.05) is 13.1 Å². The molecule has 17 heavy (non-hydrogen) atoms. The van der Waals surface area contributed by atoms with Crippen LogP contribution >= 0.6 is 0 Å². The van der Waals surface area contributed by atoms with Crippen LogP contribution in [0, 0.1) is 0 Å². The third-order valence-corrected chi connectivity index (χ3v) is 3.37. The Morgan fingerprint density at radius 1 is 1.18 bits per heavy atom. The Morgan fingerprint density at radius 2 is 1.71 bits per heavy atom. The van der Waals surface area contributed by atoms with Crippen molar-refractivity contribution in [2.45, 2.75) is 39.0 Å². The smallest absolute Gasteiger partial charge is 0.115 e. The maximum Gasteiger partial charge on any atom is 0.115 e. The summed E-state index contributed by atoms with van der Waals surface area (Å²) in [5.74, 6) is 0.324. The number of benzene rings is 1. The van der Waals surface area contributed by atoms with Crippen LogP contribution in [0.2, 0.25) is 0 Å². The fourth-order valence-electron chi connectivity index (χ4n) is 2.50. The highest BCUT2D eigenvalue weighted by Crippen LogP contribution is 2.25. The molecule has 0 bridgehead atoms. The predicted octanol–water partition coefficient (Wildman–Crippen LogP) is 2.56. The number of hydrogen-bond acceptors (Lipinski definition) is 3. The molecule has 1 fully saturated rings. The molecule has 3 heteroatoms. The maximum atomic E-state index is 9.30. The molecule has 2 rings (SSSR count). The van der Waals surface area contributed by atoms with E-state index < -0.39 is 0 Å². The Balaban J connectivity index is 2.08. The summed E-state index contributed by atoms with van der Waals surface area (Å²) in [6.45, 7) is 8.37. The molecule has 3 nitrogen and oxygen atoms in total. The van der Waals surface area contributed by atoms with E-state index >= 15 is 0 Å². The summed E-state index contributed by atoms with van der Waals surface area (Å²) >= 11 is 0. The molecule has 1 aliphatic heterocycles. The van der Waals surface area contributed by atoms with Crippen LogP contribution in [0.1, 0.15) is 32.4 Å². The highest BCUT2D eigenvalue weighted by molar-refractivity contribution is 5.27. The third kappa shape index (κ3) is 2.99. The standard InChI is InChI=1S/C14H21NO2/c1-10-8-15(9-11(2)17-10)12(3)13-4-6-14(16)7-5-13/h4-7,10-12,16H,8-9H2,1-3H3. The molecule has 0 amide bonds. The molecule has 3 atom stereocenters. The molecule has 0 saturated carbocycles. The Hall–Kier alpha value is -1.06. The summed E-state index contributed by atoms with van der Waals surface area (Å²) in [5, 5.41) is 9.30. The second-order valence-electron chi connectivity index (χ2n) is 4.98. The molecule has 1 aromatic carbocycles. The van der Waals surface area contributed by atoms with Crippen molar-refractivity contribution in [2.24, 2.45) is 0 Å². The topological polar surface area (TPSA) is 32.7 Å². The van der Waals surface area contributed by atoms with E-state index in [0.717, 1.165) is 13.1 Å². The first kappa shape index (κ1) is 12.4. The van der Waals surface area contributed by atoms with E-state index in [2.05, 4.69) is 25.7 Å². The Kier molecular flexibility index (Phi) is 3.69. The quantitative estimate of drug-likeness (QED) is 0.855. The molecule has 0 radical (unpaired) electrons. The van der Waals surface area contributed by atoms with Crippen LogP contribution in [0.4, 0.5) is 0 Å². The molecule has 94 valence electrons. The Morgan fingerprint density at radius 3 is 2.24 bits per heavy atom. The van der Waals surface area contributed by atoms with Gasteiger partial charge in [0.15, 0.2) is 0 Å². The molecule has 1 saturated heterocycles. The average Bonchev–Trinajstić information content (AvgIpc) is 2.28. The Bertz CT molecular complexity index is 353. The fourth-order valence-corrected chi connectivity index (χ4v) is 2.50. The first-order chi connectivity index (χ1) is 8.06. The van der Waals surface area contributed by atoms with Crippen LogP contribution in [-0.4, -0.2) is 35.3 Å². The zero-order valence-electron chi connectivity index (χ0n) is 10.8. The average molecular weight is 235 g/mol. The number of hydrogen-bond donors (Lipinski definition) is 1. The van der Waals surface area contributed by atoms with Crippen molar-refractivity contribution in [3.05, 3.63) is 29.8 Å². The number of phenolic OH excluding ortho intramolecular Hbond substituents is 1. The van der Waals surface area contributed by atoms with Crippen LogP contribution in [0.15, 0.2) is 24.3 Å². The van der Waals surface area contributed by atoms with Crippen molar-refractivity contribution in [1.29, 1.82) is 0 Å². The van der Waals surface area contributed by atoms with Gasteiger partial charge in [-0.25, -0.2) is 0 Å². The first-order valence-corrected chi connectivity index (χ1v) is 6.24. The lowest BCUT2D eigenvalue weighted by molar-refractivity contribution is -0.0789. The van der Waals surface area contributed by atoms with Gasteiger partial charge in [0.05, 0.1) is 12.2 Å². The molecular weight excluding hydrogens is 214 g/mol. The summed E-state index contributed by atoms with van der Waals surface area (Å²) in [5.41, 5.74) is 1.24. The maximum absolute atomic E-state index is 9.30. The minimum absolute atomic E-state index is 0.290. The highest BCUT2D eigenvalue weighted by Gasteiger charge is 2.26. The molecule has 0 aliphatic carbocycles. The van der Waals surface area contributed by atoms with E-state index in [4.69, 9.17) is 4.74 Å². The second-order valence-corrected chi connectivity index (χ2v) is 4.98. The van der Waals surface area contributed by atoms with Gasteiger partial charge < -0.3 is 9.84 Å². The van der Waals surface area contributed by atoms with E-state index in [-0.39, 0.29) is 0 Å². The van der Waals surface area contributed by atoms with Gasteiger partial charge in [-0.05, 0) is 38.5 Å². The second kappa shape index (κ2) is 5.07. The van der Waals surface area contributed by atoms with Gasteiger partial charge in [0.25, 0.3) is 0 Å². The number of ether oxygens (including phenoxy) is 1. The van der Waals surface area contributed by atoms with Gasteiger partial charge in [-0.3, -0.25) is 4.90 Å². The molecule has 3 unspecified atom stereocenters. The minimum Gasteiger partial charge on any atom is -0.508 e. The zero-order valence-corrected chi connectivity index (χ0v) is 10.8. The largest absolute Gasteiger partial charge is 0.508 e. The third-order valence-electron chi connectivity index (χ3n) is 3.37. The molecule has 1 heterocycles. The number of phenols is 1. The number of morpholine rings is 1. The van der Waals surface area contributed by atoms with Crippen LogP contribution in [0.3, 0.4) is 0 Å². The number of aromatic hydroxyl groups is 1. The van der Waals surface area contributed by atoms with Gasteiger partial charge in [0, 0.05) is 19.1 Å². The van der Waals surface area contributed by atoms with Crippen molar-refractivity contribution >= 4 is 0 Å². The van der Waals surface area contributed by atoms with Crippen molar-refractivity contribution in [3.8, 4) is 5.75 Å². The molecule has 1 aromatic rings. The molecule has 1 aliphatic rings. The molecular formula is C14H21NO2. The van der Waals surface area contributed by atoms with Crippen LogP contribution in [0.25, 0.3) is 0 Å². The summed E-state index contributed by atoms with van der Waals surface area (Å²) in [4.78, 5) is 2.44. The van der Waals surface area contributed by atoms with Gasteiger partial charge >= 0.3 is 0 Å². The molecule has 0 aromatic heterocycles. The van der Waals surface area contributed by atoms with Crippen molar-refractivity contribution < 1.29 is 9.84 Å². The predicted molar refractivity (Wildman–Crippen MR) is 68.1 cm³/mol. The van der Waals surface area contributed by atoms with Gasteiger partial charge in [-0.15, -0.1) is 0 Å². The van der Waals surface area contributed by atoms with Gasteiger partial charge in [0.1, 0.15) is 5.75 Å². The van der Waals surface area contributed by atoms with E-state index in [1.54, 1.807) is 12.1 Å². The zero-order chi connectivity index (χ0) is 12.4. The fraction of sp³-hybridized carbons (Fsp3) is 0.571. The summed E-state index contributed by atoms with van der Waals surface area (Å²) < 4.78 is 5.74. The molecule has 0 spiro atoms. The van der Waals surface area contributed by atoms with Gasteiger partial charge in [-0.2, -0.15) is 0 Å². The van der Waals surface area contributed by atoms with Crippen molar-refractivity contribution in [1.82, 2.24) is 4.90 Å². The lowest BCUT2D eigenvalue weighted by Crippen LogP contribution is -2.46. The SMILES string of the molecule is CC1CN(C(C)c2ccc(O)cc2)CC(C)O1. The lowest BCUT2D eigenvalue weighted by Gasteiger charge is -2.39.